The monoisotopic (exact) mass is 483 g/mol. The maximum atomic E-state index is 13.0. The average Bonchev–Trinajstić information content (AvgIpc) is 3.52. The van der Waals surface area contributed by atoms with Crippen molar-refractivity contribution in [3.63, 3.8) is 0 Å². The van der Waals surface area contributed by atoms with Crippen LogP contribution in [0.1, 0.15) is 17.1 Å². The number of carbonyl (C=O) groups is 1. The molecule has 0 aliphatic heterocycles. The molecule has 2 aromatic carbocycles. The summed E-state index contributed by atoms with van der Waals surface area (Å²) in [5.41, 5.74) is 0.557. The van der Waals surface area contributed by atoms with E-state index in [1.54, 1.807) is 36.4 Å². The number of methoxy groups -OCH3 is 1. The Balaban J connectivity index is 1.48. The molecule has 0 unspecified atom stereocenters. The van der Waals surface area contributed by atoms with Crippen LogP contribution in [0.25, 0.3) is 28.7 Å². The van der Waals surface area contributed by atoms with Crippen molar-refractivity contribution in [1.29, 1.82) is 0 Å². The quantitative estimate of drug-likeness (QED) is 0.298. The van der Waals surface area contributed by atoms with Crippen LogP contribution in [0, 0.1) is 0 Å². The molecular weight excluding hydrogens is 463 g/mol. The van der Waals surface area contributed by atoms with Crippen molar-refractivity contribution in [2.45, 2.75) is 12.8 Å². The fourth-order valence-electron chi connectivity index (χ4n) is 3.36. The summed E-state index contributed by atoms with van der Waals surface area (Å²) in [4.78, 5) is 12.5. The molecule has 4 aromatic rings. The van der Waals surface area contributed by atoms with Gasteiger partial charge in [-0.25, -0.2) is 0 Å². The third-order valence-electron chi connectivity index (χ3n) is 5.06. The van der Waals surface area contributed by atoms with Gasteiger partial charge in [0.15, 0.2) is 0 Å². The van der Waals surface area contributed by atoms with Gasteiger partial charge in [-0.1, -0.05) is 12.1 Å². The zero-order chi connectivity index (χ0) is 25.0. The van der Waals surface area contributed by atoms with Crippen LogP contribution < -0.4 is 10.1 Å². The topological polar surface area (TPSA) is 84.8 Å². The van der Waals surface area contributed by atoms with Crippen LogP contribution in [0.4, 0.5) is 18.9 Å². The lowest BCUT2D eigenvalue weighted by Crippen LogP contribution is -2.09. The summed E-state index contributed by atoms with van der Waals surface area (Å²) < 4.78 is 55.3. The van der Waals surface area contributed by atoms with Crippen molar-refractivity contribution in [2.75, 3.05) is 12.4 Å². The first kappa shape index (κ1) is 23.9. The van der Waals surface area contributed by atoms with Gasteiger partial charge in [0.05, 0.1) is 18.4 Å². The van der Waals surface area contributed by atoms with E-state index < -0.39 is 17.6 Å². The molecule has 0 aliphatic carbocycles. The Morgan fingerprint density at radius 1 is 1.00 bits per heavy atom. The van der Waals surface area contributed by atoms with Crippen molar-refractivity contribution in [1.82, 2.24) is 0 Å². The van der Waals surface area contributed by atoms with Crippen molar-refractivity contribution < 1.29 is 36.6 Å². The predicted octanol–water partition coefficient (Wildman–Crippen LogP) is 6.38. The van der Waals surface area contributed by atoms with E-state index in [9.17, 15) is 23.1 Å². The van der Waals surface area contributed by atoms with Crippen molar-refractivity contribution >= 4 is 17.7 Å². The number of benzene rings is 2. The van der Waals surface area contributed by atoms with Crippen molar-refractivity contribution in [3.8, 4) is 28.4 Å². The number of hydrogen-bond acceptors (Lipinski definition) is 5. The van der Waals surface area contributed by atoms with Gasteiger partial charge < -0.3 is 24.0 Å². The Morgan fingerprint density at radius 3 is 2.46 bits per heavy atom. The zero-order valence-corrected chi connectivity index (χ0v) is 18.4. The van der Waals surface area contributed by atoms with Gasteiger partial charge in [0.25, 0.3) is 0 Å². The van der Waals surface area contributed by atoms with E-state index in [1.165, 1.54) is 37.5 Å². The van der Waals surface area contributed by atoms with E-state index in [1.807, 2.05) is 0 Å². The Labute approximate surface area is 198 Å². The lowest BCUT2D eigenvalue weighted by atomic mass is 10.1. The third kappa shape index (κ3) is 5.64. The van der Waals surface area contributed by atoms with Crippen LogP contribution in [0.5, 0.6) is 5.75 Å². The van der Waals surface area contributed by atoms with Crippen LogP contribution in [0.15, 0.2) is 81.6 Å². The summed E-state index contributed by atoms with van der Waals surface area (Å²) >= 11 is 0. The van der Waals surface area contributed by atoms with Crippen molar-refractivity contribution in [3.05, 3.63) is 89.9 Å². The Kier molecular flexibility index (Phi) is 6.79. The second-order valence-corrected chi connectivity index (χ2v) is 7.44. The number of aliphatic hydroxyl groups excluding tert-OH is 1. The number of hydrogen-bond donors (Lipinski definition) is 2. The summed E-state index contributed by atoms with van der Waals surface area (Å²) in [5, 5.41) is 11.9. The lowest BCUT2D eigenvalue weighted by molar-refractivity contribution is -0.137. The molecule has 0 saturated carbocycles. The Morgan fingerprint density at radius 2 is 1.74 bits per heavy atom. The highest BCUT2D eigenvalue weighted by molar-refractivity contribution is 6.03. The maximum absolute atomic E-state index is 13.0. The normalized spacial score (nSPS) is 11.7. The molecule has 0 atom stereocenters. The van der Waals surface area contributed by atoms with E-state index in [0.29, 0.717) is 34.3 Å². The van der Waals surface area contributed by atoms with E-state index in [4.69, 9.17) is 13.6 Å². The largest absolute Gasteiger partial charge is 0.495 e. The first-order valence-corrected chi connectivity index (χ1v) is 10.4. The van der Waals surface area contributed by atoms with Gasteiger partial charge in [-0.05, 0) is 60.7 Å². The number of halogens is 3. The first-order valence-electron chi connectivity index (χ1n) is 10.4. The molecule has 2 heterocycles. The van der Waals surface area contributed by atoms with Gasteiger partial charge in [-0.15, -0.1) is 0 Å². The molecule has 35 heavy (non-hydrogen) atoms. The highest BCUT2D eigenvalue weighted by Crippen LogP contribution is 2.33. The minimum absolute atomic E-state index is 0.229. The molecule has 4 rings (SSSR count). The van der Waals surface area contributed by atoms with Crippen molar-refractivity contribution in [2.24, 2.45) is 0 Å². The van der Waals surface area contributed by atoms with E-state index >= 15 is 0 Å². The fraction of sp³-hybridized carbons (Fsp3) is 0.115. The number of alkyl halides is 3. The third-order valence-corrected chi connectivity index (χ3v) is 5.06. The molecule has 6 nitrogen and oxygen atoms in total. The summed E-state index contributed by atoms with van der Waals surface area (Å²) in [6.45, 7) is -0.229. The average molecular weight is 483 g/mol. The van der Waals surface area contributed by atoms with Crippen LogP contribution in [0.3, 0.4) is 0 Å². The first-order chi connectivity index (χ1) is 16.8. The SMILES string of the molecule is COc1ccc(-c2ccc(CO)o2)cc1NC(=O)/C=C/c1ccc(-c2cccc(C(F)(F)F)c2)o1. The predicted molar refractivity (Wildman–Crippen MR) is 123 cm³/mol. The highest BCUT2D eigenvalue weighted by atomic mass is 19.4. The fourth-order valence-corrected chi connectivity index (χ4v) is 3.36. The van der Waals surface area contributed by atoms with Gasteiger partial charge in [-0.2, -0.15) is 13.2 Å². The molecule has 0 spiro atoms. The number of amides is 1. The maximum Gasteiger partial charge on any atom is 0.416 e. The standard InChI is InChI=1S/C26H20F3NO5/c1-33-24-9-5-17(23-11-7-20(15-31)35-23)14-21(24)30-25(32)12-8-19-6-10-22(34-19)16-3-2-4-18(13-16)26(27,28)29/h2-14,31H,15H2,1H3,(H,30,32)/b12-8+. The minimum atomic E-state index is -4.46. The Bertz CT molecular complexity index is 1370. The molecular formula is C26H20F3NO5. The number of nitrogens with one attached hydrogen (secondary N) is 1. The number of aliphatic hydroxyl groups is 1. The molecule has 9 heteroatoms. The molecule has 2 aromatic heterocycles. The number of anilines is 1. The molecule has 2 N–H and O–H groups in total. The zero-order valence-electron chi connectivity index (χ0n) is 18.4. The highest BCUT2D eigenvalue weighted by Gasteiger charge is 2.30. The van der Waals surface area contributed by atoms with Gasteiger partial charge in [0.2, 0.25) is 5.91 Å². The second kappa shape index (κ2) is 9.94. The summed E-state index contributed by atoms with van der Waals surface area (Å²) in [6, 6.07) is 16.3. The molecule has 0 saturated heterocycles. The van der Waals surface area contributed by atoms with Crippen LogP contribution in [-0.4, -0.2) is 18.1 Å². The lowest BCUT2D eigenvalue weighted by Gasteiger charge is -2.10. The van der Waals surface area contributed by atoms with E-state index in [-0.39, 0.29) is 17.9 Å². The summed E-state index contributed by atoms with van der Waals surface area (Å²) in [5.74, 6) is 1.40. The molecule has 0 fully saturated rings. The number of rotatable bonds is 7. The van der Waals surface area contributed by atoms with Gasteiger partial charge in [0.1, 0.15) is 35.4 Å². The van der Waals surface area contributed by atoms with E-state index in [2.05, 4.69) is 5.32 Å². The number of ether oxygens (including phenoxy) is 1. The number of furan rings is 2. The molecule has 0 bridgehead atoms. The second-order valence-electron chi connectivity index (χ2n) is 7.44. The summed E-state index contributed by atoms with van der Waals surface area (Å²) in [6.07, 6.45) is -1.82. The van der Waals surface area contributed by atoms with E-state index in [0.717, 1.165) is 12.1 Å². The van der Waals surface area contributed by atoms with Gasteiger partial charge in [-0.3, -0.25) is 4.79 Å². The molecule has 180 valence electrons. The molecule has 0 aliphatic rings. The van der Waals surface area contributed by atoms with Crippen LogP contribution in [0.2, 0.25) is 0 Å². The summed E-state index contributed by atoms with van der Waals surface area (Å²) in [7, 11) is 1.47. The van der Waals surface area contributed by atoms with Crippen LogP contribution in [-0.2, 0) is 17.6 Å². The van der Waals surface area contributed by atoms with Gasteiger partial charge in [0, 0.05) is 17.2 Å². The van der Waals surface area contributed by atoms with Gasteiger partial charge >= 0.3 is 6.18 Å². The minimum Gasteiger partial charge on any atom is -0.495 e. The Hall–Kier alpha value is -4.24. The smallest absolute Gasteiger partial charge is 0.416 e. The molecule has 1 amide bonds. The van der Waals surface area contributed by atoms with Crippen LogP contribution >= 0.6 is 0 Å². The molecule has 0 radical (unpaired) electrons. The number of carbonyl (C=O) groups excluding carboxylic acids is 1.